The monoisotopic (exact) mass is 301 g/mol. The van der Waals surface area contributed by atoms with Crippen molar-refractivity contribution in [2.24, 2.45) is 0 Å². The minimum atomic E-state index is -3.50. The summed E-state index contributed by atoms with van der Waals surface area (Å²) in [4.78, 5) is 2.37. The van der Waals surface area contributed by atoms with E-state index in [1.165, 1.54) is 0 Å². The highest BCUT2D eigenvalue weighted by Gasteiger charge is 2.28. The molecule has 1 aromatic heterocycles. The number of likely N-dealkylation sites (N-methyl/N-ethyl adjacent to an activating group) is 1. The van der Waals surface area contributed by atoms with Crippen molar-refractivity contribution in [2.45, 2.75) is 37.8 Å². The van der Waals surface area contributed by atoms with Crippen LogP contribution in [0.3, 0.4) is 0 Å². The molecule has 2 rings (SSSR count). The van der Waals surface area contributed by atoms with Gasteiger partial charge in [0.25, 0.3) is 0 Å². The number of aryl methyl sites for hydroxylation is 1. The second kappa shape index (κ2) is 6.26. The van der Waals surface area contributed by atoms with Gasteiger partial charge >= 0.3 is 0 Å². The fourth-order valence-electron chi connectivity index (χ4n) is 2.44. The van der Waals surface area contributed by atoms with Crippen molar-refractivity contribution in [2.75, 3.05) is 26.7 Å². The number of hydrogen-bond donors (Lipinski definition) is 2. The molecule has 0 aromatic carbocycles. The van der Waals surface area contributed by atoms with E-state index in [9.17, 15) is 8.42 Å². The Bertz CT molecular complexity index is 553. The first-order valence-corrected chi connectivity index (χ1v) is 8.41. The maximum absolute atomic E-state index is 12.4. The second-order valence-electron chi connectivity index (χ2n) is 5.28. The zero-order valence-corrected chi connectivity index (χ0v) is 13.1. The standard InChI is InChI=1S/C13H23N3O3S/c1-4-14-8-12-7-13(10(2)19-12)20(17,18)15-11-5-6-16(3)9-11/h7,11,14-15H,4-6,8-9H2,1-3H3. The maximum Gasteiger partial charge on any atom is 0.244 e. The normalized spacial score (nSPS) is 20.6. The van der Waals surface area contributed by atoms with Gasteiger partial charge in [0, 0.05) is 18.7 Å². The molecule has 0 aliphatic carbocycles. The van der Waals surface area contributed by atoms with Crippen LogP contribution in [-0.4, -0.2) is 46.0 Å². The van der Waals surface area contributed by atoms with Gasteiger partial charge in [-0.25, -0.2) is 13.1 Å². The van der Waals surface area contributed by atoms with Gasteiger partial charge in [0.15, 0.2) is 0 Å². The molecule has 114 valence electrons. The predicted molar refractivity (Wildman–Crippen MR) is 77.0 cm³/mol. The summed E-state index contributed by atoms with van der Waals surface area (Å²) in [6.07, 6.45) is 0.844. The van der Waals surface area contributed by atoms with Crippen LogP contribution in [-0.2, 0) is 16.6 Å². The van der Waals surface area contributed by atoms with Gasteiger partial charge in [-0.05, 0) is 33.5 Å². The Morgan fingerprint density at radius 1 is 1.50 bits per heavy atom. The van der Waals surface area contributed by atoms with Gasteiger partial charge in [-0.2, -0.15) is 0 Å². The van der Waals surface area contributed by atoms with Gasteiger partial charge in [-0.15, -0.1) is 0 Å². The molecule has 2 N–H and O–H groups in total. The quantitative estimate of drug-likeness (QED) is 0.808. The van der Waals surface area contributed by atoms with Crippen LogP contribution < -0.4 is 10.0 Å². The van der Waals surface area contributed by atoms with Crippen LogP contribution in [0.5, 0.6) is 0 Å². The molecular formula is C13H23N3O3S. The Morgan fingerprint density at radius 3 is 2.85 bits per heavy atom. The minimum absolute atomic E-state index is 0.0171. The third-order valence-corrected chi connectivity index (χ3v) is 5.10. The van der Waals surface area contributed by atoms with Gasteiger partial charge in [0.1, 0.15) is 16.4 Å². The van der Waals surface area contributed by atoms with Crippen LogP contribution in [0.4, 0.5) is 0 Å². The highest BCUT2D eigenvalue weighted by molar-refractivity contribution is 7.89. The largest absolute Gasteiger partial charge is 0.464 e. The molecule has 1 aliphatic rings. The van der Waals surface area contributed by atoms with Crippen molar-refractivity contribution in [3.63, 3.8) is 0 Å². The summed E-state index contributed by atoms with van der Waals surface area (Å²) in [7, 11) is -1.51. The van der Waals surface area contributed by atoms with Crippen LogP contribution in [0.15, 0.2) is 15.4 Å². The minimum Gasteiger partial charge on any atom is -0.464 e. The molecule has 20 heavy (non-hydrogen) atoms. The number of sulfonamides is 1. The summed E-state index contributed by atoms with van der Waals surface area (Å²) < 4.78 is 33.0. The van der Waals surface area contributed by atoms with Crippen molar-refractivity contribution < 1.29 is 12.8 Å². The lowest BCUT2D eigenvalue weighted by Gasteiger charge is -2.12. The van der Waals surface area contributed by atoms with E-state index in [4.69, 9.17) is 4.42 Å². The fourth-order valence-corrected chi connectivity index (χ4v) is 3.91. The number of nitrogens with one attached hydrogen (secondary N) is 2. The number of hydrogen-bond acceptors (Lipinski definition) is 5. The Morgan fingerprint density at radius 2 is 2.25 bits per heavy atom. The molecule has 0 amide bonds. The van der Waals surface area contributed by atoms with Crippen LogP contribution in [0.1, 0.15) is 24.9 Å². The second-order valence-corrected chi connectivity index (χ2v) is 6.97. The summed E-state index contributed by atoms with van der Waals surface area (Å²) in [5.41, 5.74) is 0. The first-order valence-electron chi connectivity index (χ1n) is 6.93. The Kier molecular flexibility index (Phi) is 4.85. The molecule has 0 spiro atoms. The van der Waals surface area contributed by atoms with Crippen molar-refractivity contribution in [1.29, 1.82) is 0 Å². The molecule has 1 unspecified atom stereocenters. The molecule has 6 nitrogen and oxygen atoms in total. The molecule has 0 radical (unpaired) electrons. The molecule has 1 aromatic rings. The van der Waals surface area contributed by atoms with Crippen LogP contribution in [0.2, 0.25) is 0 Å². The third-order valence-electron chi connectivity index (χ3n) is 3.48. The maximum atomic E-state index is 12.4. The van der Waals surface area contributed by atoms with E-state index < -0.39 is 10.0 Å². The first-order chi connectivity index (χ1) is 9.42. The van der Waals surface area contributed by atoms with Crippen molar-refractivity contribution in [1.82, 2.24) is 14.9 Å². The zero-order valence-electron chi connectivity index (χ0n) is 12.3. The van der Waals surface area contributed by atoms with Crippen molar-refractivity contribution in [3.05, 3.63) is 17.6 Å². The molecule has 1 fully saturated rings. The van der Waals surface area contributed by atoms with Crippen molar-refractivity contribution >= 4 is 10.0 Å². The average molecular weight is 301 g/mol. The molecule has 1 aliphatic heterocycles. The molecular weight excluding hydrogens is 278 g/mol. The van der Waals surface area contributed by atoms with E-state index in [0.717, 1.165) is 26.1 Å². The average Bonchev–Trinajstić information content (AvgIpc) is 2.93. The van der Waals surface area contributed by atoms with E-state index in [0.29, 0.717) is 18.1 Å². The highest BCUT2D eigenvalue weighted by atomic mass is 32.2. The summed E-state index contributed by atoms with van der Waals surface area (Å²) in [6.45, 7) is 6.70. The number of likely N-dealkylation sites (tertiary alicyclic amines) is 1. The van der Waals surface area contributed by atoms with Crippen LogP contribution in [0.25, 0.3) is 0 Å². The smallest absolute Gasteiger partial charge is 0.244 e. The van der Waals surface area contributed by atoms with E-state index >= 15 is 0 Å². The number of furan rings is 1. The van der Waals surface area contributed by atoms with Crippen LogP contribution in [0, 0.1) is 6.92 Å². The third kappa shape index (κ3) is 3.60. The summed E-state index contributed by atoms with van der Waals surface area (Å²) in [6, 6.07) is 1.59. The highest BCUT2D eigenvalue weighted by Crippen LogP contribution is 2.21. The van der Waals surface area contributed by atoms with Gasteiger partial charge < -0.3 is 14.6 Å². The summed E-state index contributed by atoms with van der Waals surface area (Å²) in [5, 5.41) is 3.12. The Balaban J connectivity index is 2.10. The molecule has 0 saturated carbocycles. The lowest BCUT2D eigenvalue weighted by atomic mass is 10.3. The zero-order chi connectivity index (χ0) is 14.8. The Hall–Kier alpha value is -0.890. The lowest BCUT2D eigenvalue weighted by Crippen LogP contribution is -2.36. The molecule has 7 heteroatoms. The SMILES string of the molecule is CCNCc1cc(S(=O)(=O)NC2CCN(C)C2)c(C)o1. The predicted octanol–water partition coefficient (Wildman–Crippen LogP) is 0.680. The van der Waals surface area contributed by atoms with Crippen molar-refractivity contribution in [3.8, 4) is 0 Å². The first kappa shape index (κ1) is 15.5. The van der Waals surface area contributed by atoms with E-state index in [1.807, 2.05) is 14.0 Å². The van der Waals surface area contributed by atoms with Gasteiger partial charge in [0.05, 0.1) is 6.54 Å². The topological polar surface area (TPSA) is 74.6 Å². The van der Waals surface area contributed by atoms with E-state index in [1.54, 1.807) is 13.0 Å². The number of rotatable bonds is 6. The summed E-state index contributed by atoms with van der Waals surface area (Å²) in [5.74, 6) is 1.09. The lowest BCUT2D eigenvalue weighted by molar-refractivity contribution is 0.407. The van der Waals surface area contributed by atoms with E-state index in [-0.39, 0.29) is 10.9 Å². The van der Waals surface area contributed by atoms with Crippen LogP contribution >= 0.6 is 0 Å². The molecule has 0 bridgehead atoms. The van der Waals surface area contributed by atoms with Gasteiger partial charge in [-0.1, -0.05) is 6.92 Å². The summed E-state index contributed by atoms with van der Waals surface area (Å²) >= 11 is 0. The molecule has 2 heterocycles. The van der Waals surface area contributed by atoms with Gasteiger partial charge in [0.2, 0.25) is 10.0 Å². The Labute approximate surface area is 120 Å². The van der Waals surface area contributed by atoms with E-state index in [2.05, 4.69) is 14.9 Å². The molecule has 1 saturated heterocycles. The number of nitrogens with zero attached hydrogens (tertiary/aromatic N) is 1. The molecule has 1 atom stereocenters. The van der Waals surface area contributed by atoms with Gasteiger partial charge in [-0.3, -0.25) is 0 Å². The fraction of sp³-hybridized carbons (Fsp3) is 0.692.